The van der Waals surface area contributed by atoms with Gasteiger partial charge in [0.2, 0.25) is 11.2 Å². The standard InChI is InChI=1S/C12H11BrClN3O/c1-8-2-3-10(9(13)6-8)16-11(18)7-17-5-4-15-12(17)14/h2-6H,7H2,1H3,(H,16,18). The summed E-state index contributed by atoms with van der Waals surface area (Å²) in [5, 5.41) is 3.11. The Labute approximate surface area is 118 Å². The van der Waals surface area contributed by atoms with Crippen molar-refractivity contribution in [3.05, 3.63) is 45.9 Å². The number of aryl methyl sites for hydroxylation is 1. The number of halogens is 2. The van der Waals surface area contributed by atoms with E-state index in [0.717, 1.165) is 15.7 Å². The summed E-state index contributed by atoms with van der Waals surface area (Å²) < 4.78 is 2.42. The third-order valence-corrected chi connectivity index (χ3v) is 3.35. The van der Waals surface area contributed by atoms with Gasteiger partial charge in [0.1, 0.15) is 6.54 Å². The molecular formula is C12H11BrClN3O. The summed E-state index contributed by atoms with van der Waals surface area (Å²) >= 11 is 9.21. The summed E-state index contributed by atoms with van der Waals surface area (Å²) in [7, 11) is 0. The van der Waals surface area contributed by atoms with Crippen LogP contribution in [-0.2, 0) is 11.3 Å². The van der Waals surface area contributed by atoms with Gasteiger partial charge in [0.05, 0.1) is 5.69 Å². The normalized spacial score (nSPS) is 10.4. The second-order valence-electron chi connectivity index (χ2n) is 3.86. The van der Waals surface area contributed by atoms with E-state index in [1.54, 1.807) is 17.0 Å². The van der Waals surface area contributed by atoms with E-state index in [1.165, 1.54) is 0 Å². The number of anilines is 1. The predicted octanol–water partition coefficient (Wildman–Crippen LogP) is 3.25. The highest BCUT2D eigenvalue weighted by Gasteiger charge is 2.08. The fourth-order valence-electron chi connectivity index (χ4n) is 1.49. The zero-order valence-electron chi connectivity index (χ0n) is 9.65. The van der Waals surface area contributed by atoms with Gasteiger partial charge in [0, 0.05) is 16.9 Å². The topological polar surface area (TPSA) is 46.9 Å². The van der Waals surface area contributed by atoms with E-state index in [-0.39, 0.29) is 12.5 Å². The van der Waals surface area contributed by atoms with Crippen molar-refractivity contribution in [3.8, 4) is 0 Å². The van der Waals surface area contributed by atoms with Crippen LogP contribution in [0, 0.1) is 6.92 Å². The highest BCUT2D eigenvalue weighted by atomic mass is 79.9. The number of rotatable bonds is 3. The fourth-order valence-corrected chi connectivity index (χ4v) is 2.26. The average molecular weight is 329 g/mol. The molecule has 2 aromatic rings. The molecule has 0 spiro atoms. The summed E-state index contributed by atoms with van der Waals surface area (Å²) in [6, 6.07) is 5.73. The Kier molecular flexibility index (Phi) is 4.04. The molecule has 0 saturated heterocycles. The Morgan fingerprint density at radius 1 is 1.56 bits per heavy atom. The van der Waals surface area contributed by atoms with Crippen LogP contribution in [0.3, 0.4) is 0 Å². The number of hydrogen-bond acceptors (Lipinski definition) is 2. The average Bonchev–Trinajstić information content (AvgIpc) is 2.69. The maximum atomic E-state index is 11.8. The van der Waals surface area contributed by atoms with Gasteiger partial charge in [-0.2, -0.15) is 0 Å². The molecule has 6 heteroatoms. The first-order valence-corrected chi connectivity index (χ1v) is 6.46. The largest absolute Gasteiger partial charge is 0.324 e. The molecule has 0 aliphatic carbocycles. The van der Waals surface area contributed by atoms with Gasteiger partial charge >= 0.3 is 0 Å². The number of nitrogens with one attached hydrogen (secondary N) is 1. The zero-order chi connectivity index (χ0) is 13.1. The molecule has 0 aliphatic heterocycles. The Bertz CT molecular complexity index is 582. The monoisotopic (exact) mass is 327 g/mol. The van der Waals surface area contributed by atoms with E-state index in [0.29, 0.717) is 5.28 Å². The second kappa shape index (κ2) is 5.54. The van der Waals surface area contributed by atoms with Gasteiger partial charge in [0.25, 0.3) is 0 Å². The lowest BCUT2D eigenvalue weighted by Gasteiger charge is -2.08. The lowest BCUT2D eigenvalue weighted by atomic mass is 10.2. The molecule has 1 amide bonds. The summed E-state index contributed by atoms with van der Waals surface area (Å²) in [5.74, 6) is -0.153. The van der Waals surface area contributed by atoms with Crippen molar-refractivity contribution < 1.29 is 4.79 Å². The minimum Gasteiger partial charge on any atom is -0.324 e. The van der Waals surface area contributed by atoms with Crippen molar-refractivity contribution in [1.82, 2.24) is 9.55 Å². The number of hydrogen-bond donors (Lipinski definition) is 1. The molecule has 0 aliphatic rings. The molecule has 94 valence electrons. The molecule has 1 N–H and O–H groups in total. The lowest BCUT2D eigenvalue weighted by Crippen LogP contribution is -2.18. The van der Waals surface area contributed by atoms with E-state index < -0.39 is 0 Å². The molecular weight excluding hydrogens is 318 g/mol. The molecule has 1 aromatic carbocycles. The van der Waals surface area contributed by atoms with Gasteiger partial charge in [-0.1, -0.05) is 6.07 Å². The van der Waals surface area contributed by atoms with Crippen molar-refractivity contribution in [2.75, 3.05) is 5.32 Å². The molecule has 0 saturated carbocycles. The molecule has 18 heavy (non-hydrogen) atoms. The Morgan fingerprint density at radius 3 is 2.94 bits per heavy atom. The number of carbonyl (C=O) groups excluding carboxylic acids is 1. The molecule has 1 aromatic heterocycles. The van der Waals surface area contributed by atoms with Crippen LogP contribution in [0.5, 0.6) is 0 Å². The SMILES string of the molecule is Cc1ccc(NC(=O)Cn2ccnc2Cl)c(Br)c1. The minimum absolute atomic E-state index is 0.138. The van der Waals surface area contributed by atoms with E-state index in [1.807, 2.05) is 25.1 Å². The van der Waals surface area contributed by atoms with Crippen LogP contribution in [0.2, 0.25) is 5.28 Å². The molecule has 0 radical (unpaired) electrons. The van der Waals surface area contributed by atoms with Gasteiger partial charge in [-0.3, -0.25) is 4.79 Å². The predicted molar refractivity (Wildman–Crippen MR) is 74.7 cm³/mol. The number of nitrogens with zero attached hydrogens (tertiary/aromatic N) is 2. The van der Waals surface area contributed by atoms with Crippen LogP contribution in [0.1, 0.15) is 5.56 Å². The number of amides is 1. The minimum atomic E-state index is -0.153. The number of carbonyl (C=O) groups is 1. The summed E-state index contributed by atoms with van der Waals surface area (Å²) in [4.78, 5) is 15.7. The van der Waals surface area contributed by atoms with Crippen molar-refractivity contribution >= 4 is 39.1 Å². The van der Waals surface area contributed by atoms with Crippen LogP contribution >= 0.6 is 27.5 Å². The first kappa shape index (κ1) is 13.1. The van der Waals surface area contributed by atoms with Crippen molar-refractivity contribution in [2.24, 2.45) is 0 Å². The molecule has 4 nitrogen and oxygen atoms in total. The number of benzene rings is 1. The van der Waals surface area contributed by atoms with Gasteiger partial charge in [-0.15, -0.1) is 0 Å². The number of imidazole rings is 1. The Balaban J connectivity index is 2.05. The van der Waals surface area contributed by atoms with E-state index in [4.69, 9.17) is 11.6 Å². The highest BCUT2D eigenvalue weighted by molar-refractivity contribution is 9.10. The third-order valence-electron chi connectivity index (χ3n) is 2.38. The molecule has 0 atom stereocenters. The Morgan fingerprint density at radius 2 is 2.33 bits per heavy atom. The maximum absolute atomic E-state index is 11.8. The van der Waals surface area contributed by atoms with Crippen LogP contribution in [0.4, 0.5) is 5.69 Å². The van der Waals surface area contributed by atoms with Gasteiger partial charge in [-0.05, 0) is 52.2 Å². The zero-order valence-corrected chi connectivity index (χ0v) is 12.0. The van der Waals surface area contributed by atoms with Gasteiger partial charge in [-0.25, -0.2) is 4.98 Å². The first-order chi connectivity index (χ1) is 8.56. The first-order valence-electron chi connectivity index (χ1n) is 5.29. The van der Waals surface area contributed by atoms with E-state index >= 15 is 0 Å². The molecule has 0 unspecified atom stereocenters. The van der Waals surface area contributed by atoms with Crippen LogP contribution in [0.15, 0.2) is 35.1 Å². The third kappa shape index (κ3) is 3.11. The second-order valence-corrected chi connectivity index (χ2v) is 5.05. The summed E-state index contributed by atoms with van der Waals surface area (Å²) in [5.41, 5.74) is 1.86. The summed E-state index contributed by atoms with van der Waals surface area (Å²) in [6.45, 7) is 2.13. The van der Waals surface area contributed by atoms with E-state index in [2.05, 4.69) is 26.2 Å². The van der Waals surface area contributed by atoms with Crippen molar-refractivity contribution in [3.63, 3.8) is 0 Å². The van der Waals surface area contributed by atoms with Crippen LogP contribution < -0.4 is 5.32 Å². The van der Waals surface area contributed by atoms with Crippen molar-refractivity contribution in [1.29, 1.82) is 0 Å². The lowest BCUT2D eigenvalue weighted by molar-refractivity contribution is -0.116. The molecule has 0 fully saturated rings. The van der Waals surface area contributed by atoms with Gasteiger partial charge in [0.15, 0.2) is 0 Å². The fraction of sp³-hybridized carbons (Fsp3) is 0.167. The highest BCUT2D eigenvalue weighted by Crippen LogP contribution is 2.23. The van der Waals surface area contributed by atoms with Crippen LogP contribution in [0.25, 0.3) is 0 Å². The maximum Gasteiger partial charge on any atom is 0.244 e. The van der Waals surface area contributed by atoms with Gasteiger partial charge < -0.3 is 9.88 Å². The van der Waals surface area contributed by atoms with E-state index in [9.17, 15) is 4.79 Å². The smallest absolute Gasteiger partial charge is 0.244 e. The molecule has 2 rings (SSSR count). The summed E-state index contributed by atoms with van der Waals surface area (Å²) in [6.07, 6.45) is 3.21. The number of aromatic nitrogens is 2. The molecule has 1 heterocycles. The van der Waals surface area contributed by atoms with Crippen molar-refractivity contribution in [2.45, 2.75) is 13.5 Å². The quantitative estimate of drug-likeness (QED) is 0.940. The molecule has 0 bridgehead atoms. The van der Waals surface area contributed by atoms with Crippen LogP contribution in [-0.4, -0.2) is 15.5 Å². The Hall–Kier alpha value is -1.33.